The van der Waals surface area contributed by atoms with Crippen LogP contribution in [-0.2, 0) is 6.42 Å². The molecule has 0 spiro atoms. The molecule has 2 aromatic rings. The average Bonchev–Trinajstić information content (AvgIpc) is 2.39. The monoisotopic (exact) mass is 322 g/mol. The van der Waals surface area contributed by atoms with Gasteiger partial charge in [0.25, 0.3) is 0 Å². The van der Waals surface area contributed by atoms with Gasteiger partial charge in [-0.15, -0.1) is 0 Å². The molecule has 0 aliphatic heterocycles. The van der Waals surface area contributed by atoms with Gasteiger partial charge in [-0.3, -0.25) is 0 Å². The summed E-state index contributed by atoms with van der Waals surface area (Å²) in [5, 5.41) is 0. The van der Waals surface area contributed by atoms with Crippen LogP contribution < -0.4 is 4.74 Å². The molecule has 0 saturated heterocycles. The fourth-order valence-corrected chi connectivity index (χ4v) is 3.03. The van der Waals surface area contributed by atoms with Crippen LogP contribution in [0.25, 0.3) is 0 Å². The van der Waals surface area contributed by atoms with Crippen molar-refractivity contribution in [3.05, 3.63) is 65.0 Å². The zero-order valence-electron chi connectivity index (χ0n) is 11.0. The molecule has 2 aromatic carbocycles. The van der Waals surface area contributed by atoms with E-state index >= 15 is 0 Å². The Labute approximate surface area is 121 Å². The molecule has 0 aliphatic rings. The first-order valence-corrected chi connectivity index (χ1v) is 7.05. The summed E-state index contributed by atoms with van der Waals surface area (Å²) >= 11 is 3.68. The topological polar surface area (TPSA) is 9.23 Å². The Hall–Kier alpha value is -1.35. The van der Waals surface area contributed by atoms with Crippen LogP contribution in [0.5, 0.6) is 5.75 Å². The van der Waals surface area contributed by atoms with E-state index in [1.54, 1.807) is 13.2 Å². The van der Waals surface area contributed by atoms with E-state index < -0.39 is 0 Å². The second kappa shape index (κ2) is 6.20. The van der Waals surface area contributed by atoms with Crippen molar-refractivity contribution in [3.8, 4) is 5.75 Å². The van der Waals surface area contributed by atoms with E-state index in [-0.39, 0.29) is 10.6 Å². The highest BCUT2D eigenvalue weighted by Gasteiger charge is 2.13. The van der Waals surface area contributed by atoms with Crippen LogP contribution in [0.3, 0.4) is 0 Å². The molecule has 0 fully saturated rings. The predicted octanol–water partition coefficient (Wildman–Crippen LogP) is 4.82. The summed E-state index contributed by atoms with van der Waals surface area (Å²) in [5.41, 5.74) is 3.19. The van der Waals surface area contributed by atoms with Crippen LogP contribution in [0.2, 0.25) is 0 Å². The maximum absolute atomic E-state index is 13.1. The number of hydrogen-bond acceptors (Lipinski definition) is 1. The van der Waals surface area contributed by atoms with E-state index in [0.717, 1.165) is 28.9 Å². The molecule has 2 rings (SSSR count). The van der Waals surface area contributed by atoms with E-state index in [0.29, 0.717) is 0 Å². The smallest absolute Gasteiger partial charge is 0.123 e. The molecule has 0 aliphatic carbocycles. The summed E-state index contributed by atoms with van der Waals surface area (Å²) in [6.45, 7) is 1.93. The number of halogens is 2. The lowest BCUT2D eigenvalue weighted by Gasteiger charge is -2.15. The molecule has 3 heteroatoms. The van der Waals surface area contributed by atoms with Crippen molar-refractivity contribution in [2.75, 3.05) is 7.11 Å². The molecule has 0 N–H and O–H groups in total. The van der Waals surface area contributed by atoms with E-state index in [1.165, 1.54) is 6.07 Å². The number of para-hydroxylation sites is 1. The second-order valence-electron chi connectivity index (χ2n) is 4.48. The molecular weight excluding hydrogens is 307 g/mol. The Morgan fingerprint density at radius 1 is 1.21 bits per heavy atom. The van der Waals surface area contributed by atoms with Gasteiger partial charge in [0, 0.05) is 4.83 Å². The Balaban J connectivity index is 2.23. The first-order chi connectivity index (χ1) is 9.11. The Morgan fingerprint density at radius 2 is 1.95 bits per heavy atom. The molecule has 1 nitrogen and oxygen atoms in total. The van der Waals surface area contributed by atoms with E-state index in [9.17, 15) is 4.39 Å². The first kappa shape index (κ1) is 14.1. The Morgan fingerprint density at radius 3 is 2.63 bits per heavy atom. The summed E-state index contributed by atoms with van der Waals surface area (Å²) in [6, 6.07) is 12.8. The lowest BCUT2D eigenvalue weighted by molar-refractivity contribution is 0.409. The maximum Gasteiger partial charge on any atom is 0.123 e. The van der Waals surface area contributed by atoms with Gasteiger partial charge < -0.3 is 4.74 Å². The molecule has 0 aromatic heterocycles. The minimum absolute atomic E-state index is 0.143. The van der Waals surface area contributed by atoms with Gasteiger partial charge in [0.05, 0.1) is 7.11 Å². The standard InChI is InChI=1S/C16H16BrFO/c1-11-9-13(18)7-8-14(11)15(17)10-12-5-3-4-6-16(12)19-2/h3-9,15H,10H2,1-2H3. The third-order valence-corrected chi connectivity index (χ3v) is 3.98. The molecule has 1 unspecified atom stereocenters. The third-order valence-electron chi connectivity index (χ3n) is 3.16. The van der Waals surface area contributed by atoms with Gasteiger partial charge in [-0.1, -0.05) is 40.2 Å². The first-order valence-electron chi connectivity index (χ1n) is 6.14. The quantitative estimate of drug-likeness (QED) is 0.733. The van der Waals surface area contributed by atoms with Crippen molar-refractivity contribution in [1.82, 2.24) is 0 Å². The molecule has 0 bridgehead atoms. The van der Waals surface area contributed by atoms with Crippen molar-refractivity contribution in [2.45, 2.75) is 18.2 Å². The van der Waals surface area contributed by atoms with Crippen LogP contribution in [-0.4, -0.2) is 7.11 Å². The fraction of sp³-hybridized carbons (Fsp3) is 0.250. The number of benzene rings is 2. The Kier molecular flexibility index (Phi) is 4.59. The van der Waals surface area contributed by atoms with E-state index in [1.807, 2.05) is 37.3 Å². The van der Waals surface area contributed by atoms with Gasteiger partial charge in [0.1, 0.15) is 11.6 Å². The predicted molar refractivity (Wildman–Crippen MR) is 79.5 cm³/mol. The lowest BCUT2D eigenvalue weighted by atomic mass is 10.00. The molecule has 0 radical (unpaired) electrons. The number of alkyl halides is 1. The molecule has 0 heterocycles. The number of hydrogen-bond donors (Lipinski definition) is 0. The molecule has 0 amide bonds. The SMILES string of the molecule is COc1ccccc1CC(Br)c1ccc(F)cc1C. The van der Waals surface area contributed by atoms with Crippen LogP contribution in [0, 0.1) is 12.7 Å². The lowest BCUT2D eigenvalue weighted by Crippen LogP contribution is -2.00. The summed E-state index contributed by atoms with van der Waals surface area (Å²) in [4.78, 5) is 0.143. The fourth-order valence-electron chi connectivity index (χ4n) is 2.17. The summed E-state index contributed by atoms with van der Waals surface area (Å²) in [6.07, 6.45) is 0.802. The van der Waals surface area contributed by atoms with Crippen molar-refractivity contribution in [2.24, 2.45) is 0 Å². The van der Waals surface area contributed by atoms with Gasteiger partial charge >= 0.3 is 0 Å². The maximum atomic E-state index is 13.1. The average molecular weight is 323 g/mol. The zero-order valence-corrected chi connectivity index (χ0v) is 12.6. The normalized spacial score (nSPS) is 12.2. The van der Waals surface area contributed by atoms with Crippen molar-refractivity contribution < 1.29 is 9.13 Å². The largest absolute Gasteiger partial charge is 0.496 e. The van der Waals surface area contributed by atoms with Gasteiger partial charge in [-0.05, 0) is 48.2 Å². The molecular formula is C16H16BrFO. The highest BCUT2D eigenvalue weighted by Crippen LogP contribution is 2.32. The highest BCUT2D eigenvalue weighted by molar-refractivity contribution is 9.09. The van der Waals surface area contributed by atoms with Crippen LogP contribution in [0.1, 0.15) is 21.5 Å². The minimum Gasteiger partial charge on any atom is -0.496 e. The number of methoxy groups -OCH3 is 1. The van der Waals surface area contributed by atoms with Gasteiger partial charge in [0.15, 0.2) is 0 Å². The zero-order chi connectivity index (χ0) is 13.8. The van der Waals surface area contributed by atoms with E-state index in [2.05, 4.69) is 15.9 Å². The van der Waals surface area contributed by atoms with Crippen molar-refractivity contribution in [1.29, 1.82) is 0 Å². The third kappa shape index (κ3) is 3.35. The summed E-state index contributed by atoms with van der Waals surface area (Å²) in [5.74, 6) is 0.685. The van der Waals surface area contributed by atoms with Crippen molar-refractivity contribution in [3.63, 3.8) is 0 Å². The number of ether oxygens (including phenoxy) is 1. The number of aryl methyl sites for hydroxylation is 1. The second-order valence-corrected chi connectivity index (χ2v) is 5.59. The molecule has 0 saturated carbocycles. The molecule has 100 valence electrons. The summed E-state index contributed by atoms with van der Waals surface area (Å²) in [7, 11) is 1.67. The van der Waals surface area contributed by atoms with E-state index in [4.69, 9.17) is 4.74 Å². The van der Waals surface area contributed by atoms with Gasteiger partial charge in [-0.2, -0.15) is 0 Å². The highest BCUT2D eigenvalue weighted by atomic mass is 79.9. The molecule has 1 atom stereocenters. The Bertz CT molecular complexity index is 568. The van der Waals surface area contributed by atoms with Crippen LogP contribution in [0.4, 0.5) is 4.39 Å². The van der Waals surface area contributed by atoms with Gasteiger partial charge in [0.2, 0.25) is 0 Å². The number of rotatable bonds is 4. The van der Waals surface area contributed by atoms with Crippen LogP contribution >= 0.6 is 15.9 Å². The molecule has 19 heavy (non-hydrogen) atoms. The minimum atomic E-state index is -0.196. The van der Waals surface area contributed by atoms with Crippen molar-refractivity contribution >= 4 is 15.9 Å². The van der Waals surface area contributed by atoms with Gasteiger partial charge in [-0.25, -0.2) is 4.39 Å². The van der Waals surface area contributed by atoms with Crippen LogP contribution in [0.15, 0.2) is 42.5 Å². The summed E-state index contributed by atoms with van der Waals surface area (Å²) < 4.78 is 18.5.